The molecule has 4 atom stereocenters. The molecule has 2 aliphatic heterocycles. The highest BCUT2D eigenvalue weighted by molar-refractivity contribution is 5.91. The van der Waals surface area contributed by atoms with Gasteiger partial charge in [-0.3, -0.25) is 4.90 Å². The first-order chi connectivity index (χ1) is 17.9. The maximum atomic E-state index is 14.7. The lowest BCUT2D eigenvalue weighted by molar-refractivity contribution is -0.146. The van der Waals surface area contributed by atoms with E-state index in [0.717, 1.165) is 37.7 Å². The Morgan fingerprint density at radius 2 is 1.81 bits per heavy atom. The zero-order valence-corrected chi connectivity index (χ0v) is 20.5. The number of carboxylic acid groups (broad SMARTS) is 1. The molecule has 8 nitrogen and oxygen atoms in total. The highest BCUT2D eigenvalue weighted by Gasteiger charge is 2.54. The molecule has 37 heavy (non-hydrogen) atoms. The van der Waals surface area contributed by atoms with Crippen LogP contribution in [-0.2, 0) is 16.1 Å². The molecule has 2 aliphatic carbocycles. The number of carbonyl (C=O) groups is 3. The number of ether oxygens (including phenoxy) is 1. The summed E-state index contributed by atoms with van der Waals surface area (Å²) in [5, 5.41) is 9.55. The first kappa shape index (κ1) is 23.8. The van der Waals surface area contributed by atoms with Crippen LogP contribution < -0.4 is 4.90 Å². The number of nitrogens with zero attached hydrogens (tertiary/aromatic N) is 3. The first-order valence-corrected chi connectivity index (χ1v) is 13.0. The van der Waals surface area contributed by atoms with Crippen molar-refractivity contribution in [2.75, 3.05) is 11.4 Å². The number of halogens is 1. The van der Waals surface area contributed by atoms with Gasteiger partial charge in [0.2, 0.25) is 0 Å². The average molecular weight is 508 g/mol. The molecule has 2 saturated carbocycles. The number of fused-ring (bicyclic) bond motifs is 2. The predicted octanol–water partition coefficient (Wildman–Crippen LogP) is 4.94. The lowest BCUT2D eigenvalue weighted by Crippen LogP contribution is -2.61. The molecule has 0 radical (unpaired) electrons. The smallest absolute Gasteiger partial charge is 0.414 e. The zero-order valence-electron chi connectivity index (χ0n) is 20.5. The van der Waals surface area contributed by atoms with E-state index >= 15 is 0 Å². The number of anilines is 1. The van der Waals surface area contributed by atoms with E-state index in [9.17, 15) is 23.9 Å². The third kappa shape index (κ3) is 4.20. The van der Waals surface area contributed by atoms with Crippen LogP contribution in [0.15, 0.2) is 48.5 Å². The number of likely N-dealkylation sites (tertiary alicyclic amines) is 1. The summed E-state index contributed by atoms with van der Waals surface area (Å²) in [4.78, 5) is 43.8. The summed E-state index contributed by atoms with van der Waals surface area (Å²) in [6.07, 6.45) is 4.03. The molecule has 2 heterocycles. The van der Waals surface area contributed by atoms with Gasteiger partial charge < -0.3 is 19.6 Å². The van der Waals surface area contributed by atoms with Crippen molar-refractivity contribution in [3.63, 3.8) is 0 Å². The van der Waals surface area contributed by atoms with Gasteiger partial charge in [0.05, 0.1) is 11.7 Å². The standard InChI is InChI=1S/C28H30FN3O5/c29-18-9-12-23-21(15-18)25(31(19-10-11-19)27(35)30-14-13-24(30)26(33)34)20-7-4-8-22(20)32(23)28(36)37-16-17-5-2-1-3-6-17/h1-3,5-6,9,12,15,19-20,22,24-25H,4,7-8,10-11,13-14,16H2,(H,33,34)/t20-,22+,24-,25-/m1/s1. The summed E-state index contributed by atoms with van der Waals surface area (Å²) in [5.41, 5.74) is 2.03. The summed E-state index contributed by atoms with van der Waals surface area (Å²) >= 11 is 0. The minimum Gasteiger partial charge on any atom is -0.480 e. The lowest BCUT2D eigenvalue weighted by atomic mass is 9.81. The SMILES string of the molecule is O=C(O)[C@H]1CCN1C(=O)N(C1CC1)[C@H]1c2cc(F)ccc2N(C(=O)OCc2ccccc2)[C@H]2CCC[C@H]21. The van der Waals surface area contributed by atoms with E-state index in [1.165, 1.54) is 17.0 Å². The number of carboxylic acids is 1. The molecular weight excluding hydrogens is 477 g/mol. The second kappa shape index (κ2) is 9.36. The fourth-order valence-electron chi connectivity index (χ4n) is 6.30. The number of hydrogen-bond acceptors (Lipinski definition) is 4. The molecule has 6 rings (SSSR count). The van der Waals surface area contributed by atoms with Crippen LogP contribution in [0, 0.1) is 11.7 Å². The lowest BCUT2D eigenvalue weighted by Gasteiger charge is -2.49. The number of benzene rings is 2. The Balaban J connectivity index is 1.35. The molecule has 0 unspecified atom stereocenters. The van der Waals surface area contributed by atoms with Gasteiger partial charge in [-0.05, 0) is 55.9 Å². The Bertz CT molecular complexity index is 1220. The number of amides is 3. The van der Waals surface area contributed by atoms with E-state index in [-0.39, 0.29) is 30.6 Å². The van der Waals surface area contributed by atoms with Gasteiger partial charge in [-0.15, -0.1) is 0 Å². The molecule has 194 valence electrons. The van der Waals surface area contributed by atoms with E-state index in [2.05, 4.69) is 0 Å². The van der Waals surface area contributed by atoms with Gasteiger partial charge in [0.15, 0.2) is 0 Å². The second-order valence-electron chi connectivity index (χ2n) is 10.5. The predicted molar refractivity (Wildman–Crippen MR) is 132 cm³/mol. The Labute approximate surface area is 214 Å². The molecule has 0 spiro atoms. The van der Waals surface area contributed by atoms with Gasteiger partial charge in [0.25, 0.3) is 0 Å². The largest absolute Gasteiger partial charge is 0.480 e. The van der Waals surface area contributed by atoms with Crippen LogP contribution in [0.5, 0.6) is 0 Å². The van der Waals surface area contributed by atoms with Gasteiger partial charge in [-0.1, -0.05) is 36.8 Å². The summed E-state index contributed by atoms with van der Waals surface area (Å²) in [5.74, 6) is -1.53. The molecule has 1 saturated heterocycles. The van der Waals surface area contributed by atoms with Crippen LogP contribution in [-0.4, -0.2) is 57.7 Å². The van der Waals surface area contributed by atoms with Gasteiger partial charge in [-0.2, -0.15) is 0 Å². The molecule has 9 heteroatoms. The number of aliphatic carboxylic acids is 1. The Kier molecular flexibility index (Phi) is 6.01. The fourth-order valence-corrected chi connectivity index (χ4v) is 6.30. The van der Waals surface area contributed by atoms with Crippen LogP contribution >= 0.6 is 0 Å². The number of carbonyl (C=O) groups excluding carboxylic acids is 2. The summed E-state index contributed by atoms with van der Waals surface area (Å²) in [6.45, 7) is 0.527. The van der Waals surface area contributed by atoms with Crippen molar-refractivity contribution in [1.29, 1.82) is 0 Å². The zero-order chi connectivity index (χ0) is 25.7. The summed E-state index contributed by atoms with van der Waals surface area (Å²) in [7, 11) is 0. The molecule has 3 amide bonds. The van der Waals surface area contributed by atoms with Crippen molar-refractivity contribution in [2.45, 2.75) is 69.3 Å². The highest BCUT2D eigenvalue weighted by atomic mass is 19.1. The molecule has 2 aromatic carbocycles. The van der Waals surface area contributed by atoms with Crippen LogP contribution in [0.4, 0.5) is 19.7 Å². The highest BCUT2D eigenvalue weighted by Crippen LogP contribution is 2.53. The van der Waals surface area contributed by atoms with Crippen molar-refractivity contribution >= 4 is 23.8 Å². The van der Waals surface area contributed by atoms with Gasteiger partial charge >= 0.3 is 18.1 Å². The minimum atomic E-state index is -1.00. The third-order valence-corrected chi connectivity index (χ3v) is 8.25. The molecule has 0 bridgehead atoms. The molecular formula is C28H30FN3O5. The van der Waals surface area contributed by atoms with E-state index in [0.29, 0.717) is 24.2 Å². The monoisotopic (exact) mass is 507 g/mol. The topological polar surface area (TPSA) is 90.4 Å². The Morgan fingerprint density at radius 1 is 1.03 bits per heavy atom. The van der Waals surface area contributed by atoms with Crippen LogP contribution in [0.1, 0.15) is 55.7 Å². The summed E-state index contributed by atoms with van der Waals surface area (Å²) in [6, 6.07) is 12.1. The molecule has 1 N–H and O–H groups in total. The van der Waals surface area contributed by atoms with E-state index in [1.54, 1.807) is 11.0 Å². The van der Waals surface area contributed by atoms with Gasteiger partial charge in [-0.25, -0.2) is 18.8 Å². The fraction of sp³-hybridized carbons (Fsp3) is 0.464. The quantitative estimate of drug-likeness (QED) is 0.620. The van der Waals surface area contributed by atoms with Crippen molar-refractivity contribution in [2.24, 2.45) is 5.92 Å². The average Bonchev–Trinajstić information content (AvgIpc) is 3.57. The third-order valence-electron chi connectivity index (χ3n) is 8.25. The summed E-state index contributed by atoms with van der Waals surface area (Å²) < 4.78 is 20.4. The van der Waals surface area contributed by atoms with Crippen LogP contribution in [0.25, 0.3) is 0 Å². The minimum absolute atomic E-state index is 0.0125. The van der Waals surface area contributed by atoms with Crippen molar-refractivity contribution in [3.8, 4) is 0 Å². The van der Waals surface area contributed by atoms with Crippen LogP contribution in [0.3, 0.4) is 0 Å². The van der Waals surface area contributed by atoms with Crippen LogP contribution in [0.2, 0.25) is 0 Å². The Hall–Kier alpha value is -3.62. The van der Waals surface area contributed by atoms with E-state index < -0.39 is 30.0 Å². The number of hydrogen-bond donors (Lipinski definition) is 1. The molecule has 4 aliphatic rings. The molecule has 3 fully saturated rings. The van der Waals surface area contributed by atoms with Crippen molar-refractivity contribution < 1.29 is 28.6 Å². The molecule has 2 aromatic rings. The van der Waals surface area contributed by atoms with Crippen molar-refractivity contribution in [3.05, 3.63) is 65.5 Å². The second-order valence-corrected chi connectivity index (χ2v) is 10.5. The van der Waals surface area contributed by atoms with Gasteiger partial charge in [0, 0.05) is 30.1 Å². The maximum absolute atomic E-state index is 14.7. The maximum Gasteiger partial charge on any atom is 0.414 e. The number of urea groups is 1. The van der Waals surface area contributed by atoms with E-state index in [4.69, 9.17) is 4.74 Å². The van der Waals surface area contributed by atoms with Crippen molar-refractivity contribution in [1.82, 2.24) is 9.80 Å². The Morgan fingerprint density at radius 3 is 2.49 bits per heavy atom. The first-order valence-electron chi connectivity index (χ1n) is 13.0. The van der Waals surface area contributed by atoms with E-state index in [1.807, 2.05) is 35.2 Å². The molecule has 0 aromatic heterocycles. The number of rotatable bonds is 5. The van der Waals surface area contributed by atoms with Gasteiger partial charge in [0.1, 0.15) is 18.5 Å². The normalized spacial score (nSPS) is 26.1.